The SMILES string of the molecule is O=C(O)c1cccc(N/N=C/C=Cc2ccccc2)c1. The number of hydrazone groups is 1. The lowest BCUT2D eigenvalue weighted by Crippen LogP contribution is -1.97. The van der Waals surface area contributed by atoms with E-state index in [1.807, 2.05) is 42.5 Å². The molecule has 0 atom stereocenters. The van der Waals surface area contributed by atoms with Crippen LogP contribution in [0.1, 0.15) is 15.9 Å². The summed E-state index contributed by atoms with van der Waals surface area (Å²) in [7, 11) is 0. The largest absolute Gasteiger partial charge is 0.478 e. The van der Waals surface area contributed by atoms with Crippen molar-refractivity contribution in [2.24, 2.45) is 5.10 Å². The number of carbonyl (C=O) groups is 1. The van der Waals surface area contributed by atoms with Gasteiger partial charge >= 0.3 is 5.97 Å². The molecule has 0 aliphatic rings. The van der Waals surface area contributed by atoms with E-state index < -0.39 is 5.97 Å². The van der Waals surface area contributed by atoms with Gasteiger partial charge in [0.1, 0.15) is 0 Å². The number of rotatable bonds is 5. The molecular weight excluding hydrogens is 252 g/mol. The van der Waals surface area contributed by atoms with E-state index in [1.165, 1.54) is 12.1 Å². The molecule has 0 fully saturated rings. The van der Waals surface area contributed by atoms with Crippen LogP contribution < -0.4 is 5.43 Å². The second-order valence-electron chi connectivity index (χ2n) is 4.05. The smallest absolute Gasteiger partial charge is 0.335 e. The van der Waals surface area contributed by atoms with E-state index in [2.05, 4.69) is 10.5 Å². The summed E-state index contributed by atoms with van der Waals surface area (Å²) in [6, 6.07) is 16.4. The Hall–Kier alpha value is -2.88. The first kappa shape index (κ1) is 13.5. The number of anilines is 1. The van der Waals surface area contributed by atoms with Gasteiger partial charge < -0.3 is 5.11 Å². The minimum absolute atomic E-state index is 0.227. The Kier molecular flexibility index (Phi) is 4.67. The second kappa shape index (κ2) is 6.89. The van der Waals surface area contributed by atoms with Crippen LogP contribution in [0.2, 0.25) is 0 Å². The van der Waals surface area contributed by atoms with Gasteiger partial charge in [-0.1, -0.05) is 42.5 Å². The van der Waals surface area contributed by atoms with Gasteiger partial charge in [0.15, 0.2) is 0 Å². The first-order valence-electron chi connectivity index (χ1n) is 6.10. The highest BCUT2D eigenvalue weighted by molar-refractivity contribution is 5.88. The lowest BCUT2D eigenvalue weighted by Gasteiger charge is -2.00. The summed E-state index contributed by atoms with van der Waals surface area (Å²) >= 11 is 0. The van der Waals surface area contributed by atoms with E-state index in [-0.39, 0.29) is 5.56 Å². The molecule has 0 radical (unpaired) electrons. The van der Waals surface area contributed by atoms with Crippen LogP contribution in [-0.2, 0) is 0 Å². The molecule has 0 saturated carbocycles. The molecular formula is C16H14N2O2. The molecule has 100 valence electrons. The second-order valence-corrected chi connectivity index (χ2v) is 4.05. The van der Waals surface area contributed by atoms with Crippen molar-refractivity contribution in [2.45, 2.75) is 0 Å². The third kappa shape index (κ3) is 4.10. The first-order valence-corrected chi connectivity index (χ1v) is 6.10. The number of hydrogen-bond donors (Lipinski definition) is 2. The van der Waals surface area contributed by atoms with Crippen molar-refractivity contribution < 1.29 is 9.90 Å². The highest BCUT2D eigenvalue weighted by atomic mass is 16.4. The number of aromatic carboxylic acids is 1. The average molecular weight is 266 g/mol. The van der Waals surface area contributed by atoms with Gasteiger partial charge in [0.25, 0.3) is 0 Å². The molecule has 0 spiro atoms. The molecule has 4 nitrogen and oxygen atoms in total. The Balaban J connectivity index is 1.92. The van der Waals surface area contributed by atoms with Crippen LogP contribution in [0.5, 0.6) is 0 Å². The fourth-order valence-electron chi connectivity index (χ4n) is 1.59. The molecule has 4 heteroatoms. The lowest BCUT2D eigenvalue weighted by atomic mass is 10.2. The van der Waals surface area contributed by atoms with Crippen LogP contribution in [-0.4, -0.2) is 17.3 Å². The quantitative estimate of drug-likeness (QED) is 0.643. The van der Waals surface area contributed by atoms with Crippen molar-refractivity contribution >= 4 is 23.9 Å². The minimum atomic E-state index is -0.957. The zero-order valence-electron chi connectivity index (χ0n) is 10.7. The van der Waals surface area contributed by atoms with Crippen molar-refractivity contribution in [3.05, 3.63) is 71.8 Å². The normalized spacial score (nSPS) is 11.0. The molecule has 0 aliphatic heterocycles. The minimum Gasteiger partial charge on any atom is -0.478 e. The maximum absolute atomic E-state index is 10.8. The summed E-state index contributed by atoms with van der Waals surface area (Å²) in [5.74, 6) is -0.957. The van der Waals surface area contributed by atoms with E-state index in [1.54, 1.807) is 18.3 Å². The Bertz CT molecular complexity index is 634. The van der Waals surface area contributed by atoms with Crippen molar-refractivity contribution in [1.29, 1.82) is 0 Å². The van der Waals surface area contributed by atoms with Gasteiger partial charge in [0, 0.05) is 6.21 Å². The lowest BCUT2D eigenvalue weighted by molar-refractivity contribution is 0.0697. The predicted molar refractivity (Wildman–Crippen MR) is 81.0 cm³/mol. The molecule has 2 aromatic rings. The molecule has 2 N–H and O–H groups in total. The third-order valence-electron chi connectivity index (χ3n) is 2.55. The van der Waals surface area contributed by atoms with E-state index >= 15 is 0 Å². The van der Waals surface area contributed by atoms with E-state index in [0.717, 1.165) is 5.56 Å². The summed E-state index contributed by atoms with van der Waals surface area (Å²) in [6.07, 6.45) is 5.35. The number of benzene rings is 2. The van der Waals surface area contributed by atoms with Gasteiger partial charge in [-0.25, -0.2) is 4.79 Å². The van der Waals surface area contributed by atoms with Crippen LogP contribution >= 0.6 is 0 Å². The topological polar surface area (TPSA) is 61.7 Å². The molecule has 0 aliphatic carbocycles. The summed E-state index contributed by atoms with van der Waals surface area (Å²) < 4.78 is 0. The Labute approximate surface area is 117 Å². The van der Waals surface area contributed by atoms with Gasteiger partial charge in [-0.2, -0.15) is 5.10 Å². The third-order valence-corrected chi connectivity index (χ3v) is 2.55. The van der Waals surface area contributed by atoms with Crippen LogP contribution in [0.3, 0.4) is 0 Å². The van der Waals surface area contributed by atoms with Crippen LogP contribution in [0.15, 0.2) is 65.8 Å². The van der Waals surface area contributed by atoms with Crippen molar-refractivity contribution in [2.75, 3.05) is 5.43 Å². The molecule has 0 aromatic heterocycles. The zero-order chi connectivity index (χ0) is 14.2. The number of nitrogens with one attached hydrogen (secondary N) is 1. The molecule has 0 bridgehead atoms. The average Bonchev–Trinajstić information content (AvgIpc) is 2.48. The van der Waals surface area contributed by atoms with Crippen molar-refractivity contribution in [1.82, 2.24) is 0 Å². The number of nitrogens with zero attached hydrogens (tertiary/aromatic N) is 1. The number of allylic oxidation sites excluding steroid dienone is 1. The van der Waals surface area contributed by atoms with Gasteiger partial charge in [-0.15, -0.1) is 0 Å². The molecule has 2 aromatic carbocycles. The van der Waals surface area contributed by atoms with Crippen molar-refractivity contribution in [3.63, 3.8) is 0 Å². The molecule has 0 heterocycles. The number of carboxylic acids is 1. The Morgan fingerprint density at radius 2 is 1.90 bits per heavy atom. The standard InChI is InChI=1S/C16H14N2O2/c19-16(20)14-9-4-10-15(12-14)18-17-11-5-8-13-6-2-1-3-7-13/h1-12,18H,(H,19,20)/b8-5?,17-11+. The Morgan fingerprint density at radius 1 is 1.10 bits per heavy atom. The van der Waals surface area contributed by atoms with E-state index in [0.29, 0.717) is 5.69 Å². The maximum atomic E-state index is 10.8. The van der Waals surface area contributed by atoms with E-state index in [9.17, 15) is 4.79 Å². The van der Waals surface area contributed by atoms with E-state index in [4.69, 9.17) is 5.11 Å². The summed E-state index contributed by atoms with van der Waals surface area (Å²) in [5, 5.41) is 12.9. The van der Waals surface area contributed by atoms with Gasteiger partial charge in [-0.05, 0) is 29.8 Å². The van der Waals surface area contributed by atoms with Gasteiger partial charge in [0.05, 0.1) is 11.3 Å². The van der Waals surface area contributed by atoms with Gasteiger partial charge in [-0.3, -0.25) is 5.43 Å². The fourth-order valence-corrected chi connectivity index (χ4v) is 1.59. The fraction of sp³-hybridized carbons (Fsp3) is 0. The summed E-state index contributed by atoms with van der Waals surface area (Å²) in [4.78, 5) is 10.8. The number of carboxylic acid groups (broad SMARTS) is 1. The zero-order valence-corrected chi connectivity index (χ0v) is 10.7. The van der Waals surface area contributed by atoms with Crippen molar-refractivity contribution in [3.8, 4) is 0 Å². The maximum Gasteiger partial charge on any atom is 0.335 e. The monoisotopic (exact) mass is 266 g/mol. The first-order chi connectivity index (χ1) is 9.75. The van der Waals surface area contributed by atoms with Gasteiger partial charge in [0.2, 0.25) is 0 Å². The Morgan fingerprint density at radius 3 is 2.65 bits per heavy atom. The van der Waals surface area contributed by atoms with Crippen LogP contribution in [0, 0.1) is 0 Å². The molecule has 0 unspecified atom stereocenters. The molecule has 2 rings (SSSR count). The molecule has 20 heavy (non-hydrogen) atoms. The molecule has 0 saturated heterocycles. The summed E-state index contributed by atoms with van der Waals surface area (Å²) in [6.45, 7) is 0. The van der Waals surface area contributed by atoms with Crippen LogP contribution in [0.4, 0.5) is 5.69 Å². The highest BCUT2D eigenvalue weighted by Crippen LogP contribution is 2.10. The summed E-state index contributed by atoms with van der Waals surface area (Å²) in [5.41, 5.74) is 4.73. The molecule has 0 amide bonds. The highest BCUT2D eigenvalue weighted by Gasteiger charge is 2.01. The van der Waals surface area contributed by atoms with Crippen LogP contribution in [0.25, 0.3) is 6.08 Å². The number of hydrogen-bond acceptors (Lipinski definition) is 3. The predicted octanol–water partition coefficient (Wildman–Crippen LogP) is 3.50.